The van der Waals surface area contributed by atoms with Crippen LogP contribution in [0.2, 0.25) is 5.02 Å². The molecule has 0 saturated heterocycles. The largest absolute Gasteiger partial charge is 0.338 e. The van der Waals surface area contributed by atoms with Crippen molar-refractivity contribution in [3.8, 4) is 11.4 Å². The summed E-state index contributed by atoms with van der Waals surface area (Å²) in [5.74, 6) is 0.495. The van der Waals surface area contributed by atoms with Crippen molar-refractivity contribution in [2.24, 2.45) is 0 Å². The second kappa shape index (κ2) is 9.38. The molecule has 3 aromatic carbocycles. The molecule has 8 nitrogen and oxygen atoms in total. The fourth-order valence-corrected chi connectivity index (χ4v) is 5.89. The van der Waals surface area contributed by atoms with Crippen LogP contribution >= 0.6 is 22.9 Å². The average Bonchev–Trinajstić information content (AvgIpc) is 3.44. The highest BCUT2D eigenvalue weighted by Crippen LogP contribution is 2.25. The topological polar surface area (TPSA) is 98.3 Å². The van der Waals surface area contributed by atoms with E-state index in [1.165, 1.54) is 19.2 Å². The van der Waals surface area contributed by atoms with Crippen LogP contribution in [0.5, 0.6) is 0 Å². The number of hydrogen-bond acceptors (Lipinski definition) is 7. The van der Waals surface area contributed by atoms with Crippen LogP contribution in [0.1, 0.15) is 11.5 Å². The lowest BCUT2D eigenvalue weighted by molar-refractivity contribution is 0.337. The fourth-order valence-electron chi connectivity index (χ4n) is 3.61. The SMILES string of the molecule is CN(Cc1nc(-c2ccc(Cl)cc2)no1)S(=O)(=O)c1ccc2c(c1)sc(=O)n2Cc1ccccc1. The number of benzene rings is 3. The van der Waals surface area contributed by atoms with Crippen LogP contribution in [0.4, 0.5) is 0 Å². The number of thiazole rings is 1. The summed E-state index contributed by atoms with van der Waals surface area (Å²) in [6, 6.07) is 21.3. The van der Waals surface area contributed by atoms with Gasteiger partial charge in [-0.1, -0.05) is 58.4 Å². The average molecular weight is 527 g/mol. The highest BCUT2D eigenvalue weighted by atomic mass is 35.5. The number of fused-ring (bicyclic) bond motifs is 1. The molecule has 0 saturated carbocycles. The van der Waals surface area contributed by atoms with Crippen LogP contribution in [0.15, 0.2) is 87.0 Å². The van der Waals surface area contributed by atoms with E-state index in [0.29, 0.717) is 33.2 Å². The van der Waals surface area contributed by atoms with Crippen molar-refractivity contribution in [2.75, 3.05) is 7.05 Å². The quantitative estimate of drug-likeness (QED) is 0.306. The first-order chi connectivity index (χ1) is 16.8. The summed E-state index contributed by atoms with van der Waals surface area (Å²) in [7, 11) is -2.43. The Morgan fingerprint density at radius 1 is 1.06 bits per heavy atom. The van der Waals surface area contributed by atoms with E-state index in [-0.39, 0.29) is 22.2 Å². The molecule has 0 aliphatic carbocycles. The number of sulfonamides is 1. The Bertz CT molecular complexity index is 1660. The zero-order valence-electron chi connectivity index (χ0n) is 18.5. The van der Waals surface area contributed by atoms with Gasteiger partial charge in [-0.15, -0.1) is 0 Å². The molecule has 5 aromatic rings. The lowest BCUT2D eigenvalue weighted by Crippen LogP contribution is -2.26. The first-order valence-corrected chi connectivity index (χ1v) is 13.2. The summed E-state index contributed by atoms with van der Waals surface area (Å²) >= 11 is 6.93. The zero-order valence-corrected chi connectivity index (χ0v) is 20.8. The molecule has 0 bridgehead atoms. The van der Waals surface area contributed by atoms with Crippen LogP contribution in [0, 0.1) is 0 Å². The number of hydrogen-bond donors (Lipinski definition) is 0. The van der Waals surface area contributed by atoms with Gasteiger partial charge in [0.05, 0.1) is 28.2 Å². The van der Waals surface area contributed by atoms with Crippen molar-refractivity contribution in [3.05, 3.63) is 98.9 Å². The van der Waals surface area contributed by atoms with Gasteiger partial charge in [-0.05, 0) is 48.0 Å². The molecule has 0 unspecified atom stereocenters. The maximum atomic E-state index is 13.2. The minimum absolute atomic E-state index is 0.0815. The second-order valence-electron chi connectivity index (χ2n) is 7.85. The van der Waals surface area contributed by atoms with Crippen molar-refractivity contribution in [1.82, 2.24) is 19.0 Å². The molecule has 0 fully saturated rings. The van der Waals surface area contributed by atoms with E-state index in [4.69, 9.17) is 16.1 Å². The molecule has 5 rings (SSSR count). The maximum Gasteiger partial charge on any atom is 0.308 e. The highest BCUT2D eigenvalue weighted by molar-refractivity contribution is 7.89. The normalized spacial score (nSPS) is 12.0. The summed E-state index contributed by atoms with van der Waals surface area (Å²) < 4.78 is 35.1. The monoisotopic (exact) mass is 526 g/mol. The molecule has 11 heteroatoms. The van der Waals surface area contributed by atoms with E-state index in [9.17, 15) is 13.2 Å². The van der Waals surface area contributed by atoms with Gasteiger partial charge in [0, 0.05) is 17.6 Å². The minimum Gasteiger partial charge on any atom is -0.338 e. The van der Waals surface area contributed by atoms with Crippen molar-refractivity contribution >= 4 is 43.2 Å². The van der Waals surface area contributed by atoms with E-state index in [1.807, 2.05) is 30.3 Å². The fraction of sp³-hybridized carbons (Fsp3) is 0.125. The maximum absolute atomic E-state index is 13.2. The molecular formula is C24H19ClN4O4S2. The molecule has 178 valence electrons. The van der Waals surface area contributed by atoms with Gasteiger partial charge in [0.2, 0.25) is 21.7 Å². The van der Waals surface area contributed by atoms with Crippen molar-refractivity contribution in [1.29, 1.82) is 0 Å². The molecule has 2 heterocycles. The highest BCUT2D eigenvalue weighted by Gasteiger charge is 2.24. The Morgan fingerprint density at radius 3 is 2.54 bits per heavy atom. The molecule has 0 radical (unpaired) electrons. The molecular weight excluding hydrogens is 508 g/mol. The molecule has 0 aliphatic heterocycles. The Morgan fingerprint density at radius 2 is 1.80 bits per heavy atom. The first-order valence-electron chi connectivity index (χ1n) is 10.5. The van der Waals surface area contributed by atoms with Gasteiger partial charge in [-0.25, -0.2) is 8.42 Å². The molecule has 0 spiro atoms. The number of halogens is 1. The van der Waals surface area contributed by atoms with Gasteiger partial charge < -0.3 is 4.52 Å². The standard InChI is InChI=1S/C24H19ClN4O4S2/c1-28(15-22-26-23(27-33-22)17-7-9-18(25)10-8-17)35(31,32)19-11-12-20-21(13-19)34-24(30)29(20)14-16-5-3-2-4-6-16/h2-13H,14-15H2,1H3. The predicted octanol–water partition coefficient (Wildman–Crippen LogP) is 4.64. The van der Waals surface area contributed by atoms with Gasteiger partial charge in [0.15, 0.2) is 0 Å². The van der Waals surface area contributed by atoms with E-state index in [1.54, 1.807) is 34.9 Å². The van der Waals surface area contributed by atoms with Crippen LogP contribution in [0.25, 0.3) is 21.6 Å². The van der Waals surface area contributed by atoms with Crippen molar-refractivity contribution in [2.45, 2.75) is 18.0 Å². The molecule has 0 N–H and O–H groups in total. The van der Waals surface area contributed by atoms with E-state index < -0.39 is 10.0 Å². The van der Waals surface area contributed by atoms with Crippen molar-refractivity contribution in [3.63, 3.8) is 0 Å². The van der Waals surface area contributed by atoms with Gasteiger partial charge in [0.25, 0.3) is 0 Å². The Hall–Kier alpha value is -3.31. The first kappa shape index (κ1) is 23.4. The third kappa shape index (κ3) is 4.78. The Kier molecular flexibility index (Phi) is 6.28. The lowest BCUT2D eigenvalue weighted by atomic mass is 10.2. The number of rotatable bonds is 7. The zero-order chi connectivity index (χ0) is 24.6. The van der Waals surface area contributed by atoms with E-state index in [0.717, 1.165) is 21.2 Å². The predicted molar refractivity (Wildman–Crippen MR) is 135 cm³/mol. The Labute approximate surface area is 210 Å². The van der Waals surface area contributed by atoms with Gasteiger partial charge in [-0.3, -0.25) is 9.36 Å². The third-order valence-electron chi connectivity index (χ3n) is 5.46. The second-order valence-corrected chi connectivity index (χ2v) is 11.3. The van der Waals surface area contributed by atoms with Crippen LogP contribution in [-0.2, 0) is 23.1 Å². The number of nitrogens with zero attached hydrogens (tertiary/aromatic N) is 4. The van der Waals surface area contributed by atoms with Gasteiger partial charge in [0.1, 0.15) is 0 Å². The summed E-state index contributed by atoms with van der Waals surface area (Å²) in [5.41, 5.74) is 2.38. The molecule has 35 heavy (non-hydrogen) atoms. The molecule has 0 aliphatic rings. The molecule has 0 atom stereocenters. The van der Waals surface area contributed by atoms with Crippen molar-refractivity contribution < 1.29 is 12.9 Å². The summed E-state index contributed by atoms with van der Waals surface area (Å²) in [5, 5.41) is 4.51. The Balaban J connectivity index is 1.38. The summed E-state index contributed by atoms with van der Waals surface area (Å²) in [4.78, 5) is 16.8. The number of aromatic nitrogens is 3. The van der Waals surface area contributed by atoms with Crippen LogP contribution in [0.3, 0.4) is 0 Å². The molecule has 2 aromatic heterocycles. The summed E-state index contributed by atoms with van der Waals surface area (Å²) in [6.07, 6.45) is 0. The lowest BCUT2D eigenvalue weighted by Gasteiger charge is -2.15. The van der Waals surface area contributed by atoms with E-state index >= 15 is 0 Å². The third-order valence-corrected chi connectivity index (χ3v) is 8.45. The van der Waals surface area contributed by atoms with Crippen LogP contribution in [-0.4, -0.2) is 34.5 Å². The van der Waals surface area contributed by atoms with Gasteiger partial charge >= 0.3 is 4.87 Å². The smallest absolute Gasteiger partial charge is 0.308 e. The van der Waals surface area contributed by atoms with Crippen LogP contribution < -0.4 is 4.87 Å². The summed E-state index contributed by atoms with van der Waals surface area (Å²) in [6.45, 7) is 0.311. The minimum atomic E-state index is -3.87. The van der Waals surface area contributed by atoms with Gasteiger partial charge in [-0.2, -0.15) is 9.29 Å². The molecule has 0 amide bonds. The van der Waals surface area contributed by atoms with E-state index in [2.05, 4.69) is 10.1 Å².